The van der Waals surface area contributed by atoms with E-state index in [2.05, 4.69) is 39.3 Å². The van der Waals surface area contributed by atoms with Crippen LogP contribution in [0.25, 0.3) is 0 Å². The number of rotatable bonds is 7. The van der Waals surface area contributed by atoms with E-state index >= 15 is 0 Å². The molecule has 1 saturated heterocycles. The first-order valence-corrected chi connectivity index (χ1v) is 9.36. The number of hydrogen-bond donors (Lipinski definition) is 2. The standard InChI is InChI=1S/C19H32FN5/c1-4-21-19(23-15-17-8-6-7-9-18(17)20)22-14-16(3)25-12-10-24(5-2)11-13-25/h6-9,16H,4-5,10-15H2,1-3H3,(H2,21,22,23). The zero-order valence-electron chi connectivity index (χ0n) is 15.8. The molecule has 140 valence electrons. The van der Waals surface area contributed by atoms with Gasteiger partial charge in [-0.3, -0.25) is 4.90 Å². The lowest BCUT2D eigenvalue weighted by Crippen LogP contribution is -2.53. The van der Waals surface area contributed by atoms with Gasteiger partial charge in [0.2, 0.25) is 0 Å². The largest absolute Gasteiger partial charge is 0.357 e. The molecule has 1 heterocycles. The maximum atomic E-state index is 13.7. The molecular formula is C19H32FN5. The van der Waals surface area contributed by atoms with Crippen LogP contribution >= 0.6 is 0 Å². The highest BCUT2D eigenvalue weighted by molar-refractivity contribution is 5.79. The van der Waals surface area contributed by atoms with Crippen molar-refractivity contribution >= 4 is 5.96 Å². The average molecular weight is 349 g/mol. The van der Waals surface area contributed by atoms with Gasteiger partial charge in [0.1, 0.15) is 5.82 Å². The van der Waals surface area contributed by atoms with E-state index in [0.717, 1.165) is 51.8 Å². The lowest BCUT2D eigenvalue weighted by atomic mass is 10.2. The van der Waals surface area contributed by atoms with Crippen LogP contribution in [0.3, 0.4) is 0 Å². The fourth-order valence-electron chi connectivity index (χ4n) is 3.03. The van der Waals surface area contributed by atoms with Gasteiger partial charge in [0.25, 0.3) is 0 Å². The third kappa shape index (κ3) is 6.29. The number of guanidine groups is 1. The van der Waals surface area contributed by atoms with Crippen molar-refractivity contribution in [2.75, 3.05) is 45.8 Å². The molecule has 0 radical (unpaired) electrons. The van der Waals surface area contributed by atoms with E-state index in [9.17, 15) is 4.39 Å². The molecule has 2 N–H and O–H groups in total. The molecular weight excluding hydrogens is 317 g/mol. The van der Waals surface area contributed by atoms with Crippen molar-refractivity contribution in [2.45, 2.75) is 33.4 Å². The number of nitrogens with zero attached hydrogens (tertiary/aromatic N) is 3. The molecule has 0 saturated carbocycles. The molecule has 1 aliphatic heterocycles. The molecule has 0 spiro atoms. The Morgan fingerprint density at radius 1 is 1.16 bits per heavy atom. The first-order valence-electron chi connectivity index (χ1n) is 9.36. The van der Waals surface area contributed by atoms with Crippen LogP contribution in [-0.4, -0.2) is 67.6 Å². The Morgan fingerprint density at radius 2 is 1.88 bits per heavy atom. The fourth-order valence-corrected chi connectivity index (χ4v) is 3.03. The number of benzene rings is 1. The second-order valence-electron chi connectivity index (χ2n) is 6.49. The molecule has 1 aliphatic rings. The SMILES string of the molecule is CCNC(=NCc1ccccc1F)NCC(C)N1CCN(CC)CC1. The van der Waals surface area contributed by atoms with Crippen LogP contribution in [0.4, 0.5) is 4.39 Å². The van der Waals surface area contributed by atoms with Crippen molar-refractivity contribution in [1.82, 2.24) is 20.4 Å². The summed E-state index contributed by atoms with van der Waals surface area (Å²) in [5.41, 5.74) is 0.614. The summed E-state index contributed by atoms with van der Waals surface area (Å²) in [5.74, 6) is 0.536. The van der Waals surface area contributed by atoms with Crippen LogP contribution in [0.15, 0.2) is 29.3 Å². The maximum Gasteiger partial charge on any atom is 0.191 e. The Kier molecular flexibility index (Phi) is 8.15. The summed E-state index contributed by atoms with van der Waals surface area (Å²) in [5, 5.41) is 6.63. The van der Waals surface area contributed by atoms with Crippen LogP contribution in [0.1, 0.15) is 26.3 Å². The van der Waals surface area contributed by atoms with Gasteiger partial charge in [0.05, 0.1) is 6.54 Å². The minimum atomic E-state index is -0.204. The van der Waals surface area contributed by atoms with Gasteiger partial charge in [-0.2, -0.15) is 0 Å². The summed E-state index contributed by atoms with van der Waals surface area (Å²) in [4.78, 5) is 9.51. The summed E-state index contributed by atoms with van der Waals surface area (Å²) in [6.07, 6.45) is 0. The van der Waals surface area contributed by atoms with Gasteiger partial charge < -0.3 is 15.5 Å². The van der Waals surface area contributed by atoms with E-state index in [-0.39, 0.29) is 5.82 Å². The topological polar surface area (TPSA) is 42.9 Å². The van der Waals surface area contributed by atoms with Crippen molar-refractivity contribution in [3.8, 4) is 0 Å². The quantitative estimate of drug-likeness (QED) is 0.583. The second-order valence-corrected chi connectivity index (χ2v) is 6.49. The molecule has 2 rings (SSSR count). The predicted molar refractivity (Wildman–Crippen MR) is 102 cm³/mol. The molecule has 25 heavy (non-hydrogen) atoms. The second kappa shape index (κ2) is 10.4. The Hall–Kier alpha value is -1.66. The Bertz CT molecular complexity index is 540. The van der Waals surface area contributed by atoms with E-state index in [1.165, 1.54) is 6.07 Å². The highest BCUT2D eigenvalue weighted by atomic mass is 19.1. The van der Waals surface area contributed by atoms with Crippen molar-refractivity contribution < 1.29 is 4.39 Å². The lowest BCUT2D eigenvalue weighted by molar-refractivity contribution is 0.107. The smallest absolute Gasteiger partial charge is 0.191 e. The van der Waals surface area contributed by atoms with E-state index < -0.39 is 0 Å². The monoisotopic (exact) mass is 349 g/mol. The number of piperazine rings is 1. The van der Waals surface area contributed by atoms with E-state index in [1.54, 1.807) is 12.1 Å². The van der Waals surface area contributed by atoms with Gasteiger partial charge in [-0.15, -0.1) is 0 Å². The first-order chi connectivity index (χ1) is 12.1. The number of hydrogen-bond acceptors (Lipinski definition) is 3. The molecule has 0 aromatic heterocycles. The molecule has 1 atom stereocenters. The predicted octanol–water partition coefficient (Wildman–Crippen LogP) is 1.91. The summed E-state index contributed by atoms with van der Waals surface area (Å²) < 4.78 is 13.7. The number of aliphatic imine (C=N–C) groups is 1. The van der Waals surface area contributed by atoms with Crippen LogP contribution < -0.4 is 10.6 Å². The van der Waals surface area contributed by atoms with Crippen molar-refractivity contribution in [2.24, 2.45) is 4.99 Å². The number of halogens is 1. The van der Waals surface area contributed by atoms with Crippen molar-refractivity contribution in [3.63, 3.8) is 0 Å². The molecule has 1 aromatic carbocycles. The summed E-state index contributed by atoms with van der Waals surface area (Å²) in [6, 6.07) is 7.23. The van der Waals surface area contributed by atoms with Crippen molar-refractivity contribution in [1.29, 1.82) is 0 Å². The number of nitrogens with one attached hydrogen (secondary N) is 2. The fraction of sp³-hybridized carbons (Fsp3) is 0.632. The van der Waals surface area contributed by atoms with Crippen LogP contribution in [0, 0.1) is 5.82 Å². The first kappa shape index (κ1) is 19.7. The highest BCUT2D eigenvalue weighted by Crippen LogP contribution is 2.08. The normalized spacial score (nSPS) is 18.2. The van der Waals surface area contributed by atoms with Crippen LogP contribution in [0.2, 0.25) is 0 Å². The molecule has 1 aromatic rings. The summed E-state index contributed by atoms with van der Waals surface area (Å²) in [6.45, 7) is 14.1. The van der Waals surface area contributed by atoms with E-state index in [4.69, 9.17) is 0 Å². The molecule has 5 nitrogen and oxygen atoms in total. The van der Waals surface area contributed by atoms with Crippen LogP contribution in [-0.2, 0) is 6.54 Å². The van der Waals surface area contributed by atoms with E-state index in [1.807, 2.05) is 13.0 Å². The maximum absolute atomic E-state index is 13.7. The van der Waals surface area contributed by atoms with Gasteiger partial charge in [-0.25, -0.2) is 9.38 Å². The Labute approximate surface area is 151 Å². The third-order valence-corrected chi connectivity index (χ3v) is 4.75. The zero-order chi connectivity index (χ0) is 18.1. The zero-order valence-corrected chi connectivity index (χ0v) is 15.8. The highest BCUT2D eigenvalue weighted by Gasteiger charge is 2.20. The molecule has 0 amide bonds. The molecule has 1 fully saturated rings. The Balaban J connectivity index is 1.84. The summed E-state index contributed by atoms with van der Waals surface area (Å²) >= 11 is 0. The molecule has 0 aliphatic carbocycles. The van der Waals surface area contributed by atoms with Gasteiger partial charge in [-0.1, -0.05) is 25.1 Å². The third-order valence-electron chi connectivity index (χ3n) is 4.75. The van der Waals surface area contributed by atoms with Gasteiger partial charge in [0, 0.05) is 50.9 Å². The van der Waals surface area contributed by atoms with Crippen LogP contribution in [0.5, 0.6) is 0 Å². The minimum Gasteiger partial charge on any atom is -0.357 e. The lowest BCUT2D eigenvalue weighted by Gasteiger charge is -2.37. The van der Waals surface area contributed by atoms with Gasteiger partial charge in [-0.05, 0) is 26.5 Å². The average Bonchev–Trinajstić information content (AvgIpc) is 2.65. The minimum absolute atomic E-state index is 0.204. The van der Waals surface area contributed by atoms with E-state index in [0.29, 0.717) is 18.2 Å². The van der Waals surface area contributed by atoms with Crippen molar-refractivity contribution in [3.05, 3.63) is 35.6 Å². The van der Waals surface area contributed by atoms with Gasteiger partial charge >= 0.3 is 0 Å². The molecule has 1 unspecified atom stereocenters. The summed E-state index contributed by atoms with van der Waals surface area (Å²) in [7, 11) is 0. The molecule has 6 heteroatoms. The molecule has 0 bridgehead atoms. The Morgan fingerprint density at radius 3 is 2.52 bits per heavy atom. The number of likely N-dealkylation sites (N-methyl/N-ethyl adjacent to an activating group) is 1. The van der Waals surface area contributed by atoms with Gasteiger partial charge in [0.15, 0.2) is 5.96 Å².